The second-order valence-electron chi connectivity index (χ2n) is 4.79. The minimum atomic E-state index is -0.618. The highest BCUT2D eigenvalue weighted by Crippen LogP contribution is 2.31. The van der Waals surface area contributed by atoms with Crippen LogP contribution in [0.1, 0.15) is 25.8 Å². The molecule has 3 heteroatoms. The molecule has 0 atom stereocenters. The summed E-state index contributed by atoms with van der Waals surface area (Å²) in [5.74, 6) is 1.64. The average Bonchev–Trinajstić information content (AvgIpc) is 2.25. The Morgan fingerprint density at radius 2 is 1.88 bits per heavy atom. The van der Waals surface area contributed by atoms with Gasteiger partial charge in [-0.1, -0.05) is 6.07 Å². The van der Waals surface area contributed by atoms with E-state index in [-0.39, 0.29) is 0 Å². The van der Waals surface area contributed by atoms with E-state index in [4.69, 9.17) is 9.47 Å². The third-order valence-corrected chi connectivity index (χ3v) is 2.63. The van der Waals surface area contributed by atoms with Gasteiger partial charge < -0.3 is 14.6 Å². The van der Waals surface area contributed by atoms with Crippen molar-refractivity contribution in [2.75, 3.05) is 13.2 Å². The van der Waals surface area contributed by atoms with Gasteiger partial charge in [0, 0.05) is 0 Å². The maximum atomic E-state index is 9.66. The molecular weight excluding hydrogens is 204 g/mol. The van der Waals surface area contributed by atoms with Gasteiger partial charge in [-0.25, -0.2) is 0 Å². The molecule has 0 saturated carbocycles. The summed E-state index contributed by atoms with van der Waals surface area (Å²) in [5.41, 5.74) is 0.555. The monoisotopic (exact) mass is 222 g/mol. The molecule has 1 heterocycles. The Bertz CT molecular complexity index is 366. The van der Waals surface area contributed by atoms with Gasteiger partial charge in [-0.3, -0.25) is 0 Å². The van der Waals surface area contributed by atoms with E-state index in [1.165, 1.54) is 5.56 Å². The summed E-state index contributed by atoms with van der Waals surface area (Å²) in [4.78, 5) is 0. The van der Waals surface area contributed by atoms with Crippen LogP contribution in [0.2, 0.25) is 0 Å². The standard InChI is InChI=1S/C13H18O3/c1-13(2,14)6-5-10-3-4-11-12(9-10)16-8-7-15-11/h3-4,9,14H,5-8H2,1-2H3. The Morgan fingerprint density at radius 1 is 1.19 bits per heavy atom. The van der Waals surface area contributed by atoms with Gasteiger partial charge in [0.05, 0.1) is 5.60 Å². The minimum absolute atomic E-state index is 0.613. The van der Waals surface area contributed by atoms with E-state index in [1.54, 1.807) is 0 Å². The Morgan fingerprint density at radius 3 is 2.56 bits per heavy atom. The second kappa shape index (κ2) is 4.34. The van der Waals surface area contributed by atoms with Crippen LogP contribution in [0, 0.1) is 0 Å². The van der Waals surface area contributed by atoms with Gasteiger partial charge in [0.25, 0.3) is 0 Å². The van der Waals surface area contributed by atoms with Gasteiger partial charge in [-0.2, -0.15) is 0 Å². The summed E-state index contributed by atoms with van der Waals surface area (Å²) < 4.78 is 11.0. The molecule has 3 nitrogen and oxygen atoms in total. The quantitative estimate of drug-likeness (QED) is 0.851. The lowest BCUT2D eigenvalue weighted by atomic mass is 9.99. The number of rotatable bonds is 3. The molecule has 88 valence electrons. The number of hydrogen-bond donors (Lipinski definition) is 1. The first-order chi connectivity index (χ1) is 7.54. The number of aryl methyl sites for hydroxylation is 1. The summed E-state index contributed by atoms with van der Waals surface area (Å²) in [7, 11) is 0. The van der Waals surface area contributed by atoms with Crippen LogP contribution in [0.5, 0.6) is 11.5 Å². The molecule has 0 fully saturated rings. The van der Waals surface area contributed by atoms with Crippen LogP contribution in [0.4, 0.5) is 0 Å². The predicted molar refractivity (Wildman–Crippen MR) is 62.1 cm³/mol. The molecule has 0 unspecified atom stereocenters. The summed E-state index contributed by atoms with van der Waals surface area (Å²) in [6.07, 6.45) is 1.59. The van der Waals surface area contributed by atoms with Gasteiger partial charge in [0.2, 0.25) is 0 Å². The fourth-order valence-electron chi connectivity index (χ4n) is 1.69. The molecule has 1 aromatic rings. The molecule has 1 aliphatic heterocycles. The lowest BCUT2D eigenvalue weighted by Crippen LogP contribution is -2.19. The van der Waals surface area contributed by atoms with E-state index in [0.29, 0.717) is 13.2 Å². The van der Waals surface area contributed by atoms with Gasteiger partial charge in [0.1, 0.15) is 13.2 Å². The number of fused-ring (bicyclic) bond motifs is 1. The highest BCUT2D eigenvalue weighted by Gasteiger charge is 2.15. The SMILES string of the molecule is CC(C)(O)CCc1ccc2c(c1)OCCO2. The van der Waals surface area contributed by atoms with Crippen molar-refractivity contribution in [2.24, 2.45) is 0 Å². The van der Waals surface area contributed by atoms with E-state index in [2.05, 4.69) is 0 Å². The van der Waals surface area contributed by atoms with Crippen molar-refractivity contribution in [3.05, 3.63) is 23.8 Å². The van der Waals surface area contributed by atoms with E-state index in [9.17, 15) is 5.11 Å². The summed E-state index contributed by atoms with van der Waals surface area (Å²) >= 11 is 0. The molecule has 1 aromatic carbocycles. The normalized spacial score (nSPS) is 14.9. The average molecular weight is 222 g/mol. The van der Waals surface area contributed by atoms with Crippen molar-refractivity contribution in [3.8, 4) is 11.5 Å². The maximum Gasteiger partial charge on any atom is 0.161 e. The largest absolute Gasteiger partial charge is 0.486 e. The van der Waals surface area contributed by atoms with E-state index in [1.807, 2.05) is 32.0 Å². The van der Waals surface area contributed by atoms with Gasteiger partial charge in [-0.15, -0.1) is 0 Å². The number of ether oxygens (including phenoxy) is 2. The molecular formula is C13H18O3. The molecule has 0 radical (unpaired) electrons. The second-order valence-corrected chi connectivity index (χ2v) is 4.79. The first-order valence-corrected chi connectivity index (χ1v) is 5.65. The van der Waals surface area contributed by atoms with Crippen LogP contribution < -0.4 is 9.47 Å². The van der Waals surface area contributed by atoms with Crippen molar-refractivity contribution >= 4 is 0 Å². The fourth-order valence-corrected chi connectivity index (χ4v) is 1.69. The molecule has 2 rings (SSSR count). The zero-order chi connectivity index (χ0) is 11.6. The van der Waals surface area contributed by atoms with Crippen molar-refractivity contribution in [1.82, 2.24) is 0 Å². The lowest BCUT2D eigenvalue weighted by molar-refractivity contribution is 0.0713. The summed E-state index contributed by atoms with van der Waals surface area (Å²) in [6, 6.07) is 5.97. The van der Waals surface area contributed by atoms with E-state index in [0.717, 1.165) is 24.3 Å². The van der Waals surface area contributed by atoms with E-state index < -0.39 is 5.60 Å². The molecule has 0 amide bonds. The molecule has 0 aromatic heterocycles. The Hall–Kier alpha value is -1.22. The summed E-state index contributed by atoms with van der Waals surface area (Å²) in [5, 5.41) is 9.66. The van der Waals surface area contributed by atoms with E-state index >= 15 is 0 Å². The minimum Gasteiger partial charge on any atom is -0.486 e. The van der Waals surface area contributed by atoms with Gasteiger partial charge >= 0.3 is 0 Å². The van der Waals surface area contributed by atoms with Gasteiger partial charge in [0.15, 0.2) is 11.5 Å². The number of benzene rings is 1. The molecule has 0 aliphatic carbocycles. The van der Waals surface area contributed by atoms with Crippen molar-refractivity contribution in [3.63, 3.8) is 0 Å². The first-order valence-electron chi connectivity index (χ1n) is 5.65. The molecule has 0 bridgehead atoms. The maximum absolute atomic E-state index is 9.66. The summed E-state index contributed by atoms with van der Waals surface area (Å²) in [6.45, 7) is 4.88. The molecule has 1 N–H and O–H groups in total. The zero-order valence-electron chi connectivity index (χ0n) is 9.82. The van der Waals surface area contributed by atoms with Gasteiger partial charge in [-0.05, 0) is 44.4 Å². The first kappa shape index (κ1) is 11.3. The van der Waals surface area contributed by atoms with Crippen LogP contribution in [0.15, 0.2) is 18.2 Å². The van der Waals surface area contributed by atoms with Crippen LogP contribution in [0.3, 0.4) is 0 Å². The lowest BCUT2D eigenvalue weighted by Gasteiger charge is -2.20. The zero-order valence-corrected chi connectivity index (χ0v) is 9.82. The smallest absolute Gasteiger partial charge is 0.161 e. The topological polar surface area (TPSA) is 38.7 Å². The Balaban J connectivity index is 2.06. The third-order valence-electron chi connectivity index (χ3n) is 2.63. The number of hydrogen-bond acceptors (Lipinski definition) is 3. The predicted octanol–water partition coefficient (Wildman–Crippen LogP) is 2.16. The fraction of sp³-hybridized carbons (Fsp3) is 0.538. The highest BCUT2D eigenvalue weighted by molar-refractivity contribution is 5.43. The van der Waals surface area contributed by atoms with Crippen molar-refractivity contribution < 1.29 is 14.6 Å². The third kappa shape index (κ3) is 2.89. The van der Waals surface area contributed by atoms with Crippen molar-refractivity contribution in [1.29, 1.82) is 0 Å². The van der Waals surface area contributed by atoms with Crippen LogP contribution in [-0.2, 0) is 6.42 Å². The molecule has 16 heavy (non-hydrogen) atoms. The van der Waals surface area contributed by atoms with Crippen molar-refractivity contribution in [2.45, 2.75) is 32.3 Å². The number of aliphatic hydroxyl groups is 1. The highest BCUT2D eigenvalue weighted by atomic mass is 16.6. The molecule has 0 spiro atoms. The molecule has 0 saturated heterocycles. The van der Waals surface area contributed by atoms with Crippen LogP contribution in [0.25, 0.3) is 0 Å². The molecule has 1 aliphatic rings. The van der Waals surface area contributed by atoms with Crippen LogP contribution in [-0.4, -0.2) is 23.9 Å². The van der Waals surface area contributed by atoms with Crippen LogP contribution >= 0.6 is 0 Å². The Labute approximate surface area is 96.0 Å². The Kier molecular flexibility index (Phi) is 3.06.